The topological polar surface area (TPSA) is 84.8 Å². The van der Waals surface area contributed by atoms with Crippen molar-refractivity contribution in [2.24, 2.45) is 0 Å². The number of carboxylic acid groups (broad SMARTS) is 1. The zero-order valence-electron chi connectivity index (χ0n) is 16.5. The molecule has 0 amide bonds. The number of fused-ring (bicyclic) bond motifs is 3. The van der Waals surface area contributed by atoms with Crippen molar-refractivity contribution in [1.82, 2.24) is 9.38 Å². The summed E-state index contributed by atoms with van der Waals surface area (Å²) in [5.41, 5.74) is 4.18. The number of thiazole rings is 1. The van der Waals surface area contributed by atoms with Gasteiger partial charge in [-0.15, -0.1) is 0 Å². The molecule has 0 aliphatic heterocycles. The zero-order chi connectivity index (χ0) is 21.9. The van der Waals surface area contributed by atoms with Crippen LogP contribution in [-0.4, -0.2) is 20.5 Å². The van der Waals surface area contributed by atoms with Gasteiger partial charge >= 0.3 is 5.97 Å². The Morgan fingerprint density at radius 2 is 2.00 bits per heavy atom. The Labute approximate surface area is 184 Å². The summed E-state index contributed by atoms with van der Waals surface area (Å²) in [6.45, 7) is 3.98. The minimum absolute atomic E-state index is 0.000105. The van der Waals surface area contributed by atoms with Gasteiger partial charge in [0, 0.05) is 11.6 Å². The van der Waals surface area contributed by atoms with Gasteiger partial charge in [-0.1, -0.05) is 29.0 Å². The number of furan rings is 1. The number of aromatic nitrogens is 2. The lowest BCUT2D eigenvalue weighted by molar-refractivity contribution is 0.0697. The van der Waals surface area contributed by atoms with Crippen LogP contribution in [0, 0.1) is 13.8 Å². The quantitative estimate of drug-likeness (QED) is 0.431. The summed E-state index contributed by atoms with van der Waals surface area (Å²) in [5.74, 6) is -0.142. The fraction of sp³-hybridized carbons (Fsp3) is 0.0870. The van der Waals surface area contributed by atoms with E-state index in [2.05, 4.69) is 4.98 Å². The second-order valence-corrected chi connectivity index (χ2v) is 8.71. The molecule has 0 atom stereocenters. The SMILES string of the molecule is Cc1cc(C)c2nc3s/c(=C\c4ccc(-c5ccc(Cl)c(C(=O)O)c5)o4)c(=O)n3c2c1. The van der Waals surface area contributed by atoms with E-state index in [9.17, 15) is 14.7 Å². The van der Waals surface area contributed by atoms with Crippen LogP contribution in [0.25, 0.3) is 33.4 Å². The Morgan fingerprint density at radius 1 is 1.19 bits per heavy atom. The first-order chi connectivity index (χ1) is 14.8. The highest BCUT2D eigenvalue weighted by molar-refractivity contribution is 7.15. The molecule has 31 heavy (non-hydrogen) atoms. The number of hydrogen-bond donors (Lipinski definition) is 1. The summed E-state index contributed by atoms with van der Waals surface area (Å²) in [4.78, 5) is 29.6. The van der Waals surface area contributed by atoms with Crippen molar-refractivity contribution in [3.05, 3.63) is 84.8 Å². The van der Waals surface area contributed by atoms with Crippen LogP contribution in [0.4, 0.5) is 0 Å². The standard InChI is InChI=1S/C23H15ClN2O4S/c1-11-7-12(2)20-17(8-11)26-21(27)19(31-23(26)25-20)10-14-4-6-18(30-14)13-3-5-16(24)15(9-13)22(28)29/h3-10H,1-2H3,(H,28,29)/b19-10-. The Bertz CT molecular complexity index is 1630. The maximum atomic E-state index is 13.0. The van der Waals surface area contributed by atoms with Gasteiger partial charge in [-0.05, 0) is 61.4 Å². The summed E-state index contributed by atoms with van der Waals surface area (Å²) in [7, 11) is 0. The number of halogens is 1. The number of imidazole rings is 1. The highest BCUT2D eigenvalue weighted by Gasteiger charge is 2.15. The highest BCUT2D eigenvalue weighted by Crippen LogP contribution is 2.27. The number of aryl methyl sites for hydroxylation is 2. The van der Waals surface area contributed by atoms with Crippen LogP contribution in [0.2, 0.25) is 5.02 Å². The fourth-order valence-electron chi connectivity index (χ4n) is 3.67. The summed E-state index contributed by atoms with van der Waals surface area (Å²) >= 11 is 7.24. The highest BCUT2D eigenvalue weighted by atomic mass is 35.5. The van der Waals surface area contributed by atoms with Gasteiger partial charge in [0.15, 0.2) is 4.96 Å². The molecule has 0 aliphatic rings. The first-order valence-corrected chi connectivity index (χ1v) is 10.6. The predicted octanol–water partition coefficient (Wildman–Crippen LogP) is 4.69. The van der Waals surface area contributed by atoms with Crippen LogP contribution in [0.15, 0.2) is 51.7 Å². The van der Waals surface area contributed by atoms with Gasteiger partial charge in [0.25, 0.3) is 5.56 Å². The number of carboxylic acids is 1. The van der Waals surface area contributed by atoms with Gasteiger partial charge in [-0.25, -0.2) is 14.2 Å². The van der Waals surface area contributed by atoms with Crippen LogP contribution in [-0.2, 0) is 0 Å². The largest absolute Gasteiger partial charge is 0.478 e. The lowest BCUT2D eigenvalue weighted by Gasteiger charge is -2.01. The van der Waals surface area contributed by atoms with E-state index in [4.69, 9.17) is 16.0 Å². The second kappa shape index (κ2) is 7.08. The third-order valence-corrected chi connectivity index (χ3v) is 6.36. The van der Waals surface area contributed by atoms with Crippen LogP contribution < -0.4 is 10.1 Å². The Balaban J connectivity index is 1.60. The van der Waals surface area contributed by atoms with Gasteiger partial charge in [0.1, 0.15) is 16.1 Å². The molecule has 1 N–H and O–H groups in total. The van der Waals surface area contributed by atoms with Crippen molar-refractivity contribution >= 4 is 51.0 Å². The molecule has 0 saturated heterocycles. The molecule has 5 aromatic rings. The Morgan fingerprint density at radius 3 is 2.77 bits per heavy atom. The Hall–Kier alpha value is -3.42. The molecule has 154 valence electrons. The molecule has 0 fully saturated rings. The Kier molecular flexibility index (Phi) is 4.46. The summed E-state index contributed by atoms with van der Waals surface area (Å²) in [5, 5.41) is 9.42. The van der Waals surface area contributed by atoms with Crippen LogP contribution >= 0.6 is 22.9 Å². The molecule has 5 rings (SSSR count). The molecule has 8 heteroatoms. The summed E-state index contributed by atoms with van der Waals surface area (Å²) in [6, 6.07) is 12.1. The fourth-order valence-corrected chi connectivity index (χ4v) is 4.83. The van der Waals surface area contributed by atoms with Crippen LogP contribution in [0.5, 0.6) is 0 Å². The van der Waals surface area contributed by atoms with E-state index in [1.807, 2.05) is 26.0 Å². The van der Waals surface area contributed by atoms with E-state index in [1.165, 1.54) is 23.5 Å². The van der Waals surface area contributed by atoms with Crippen LogP contribution in [0.3, 0.4) is 0 Å². The molecule has 0 bridgehead atoms. The minimum Gasteiger partial charge on any atom is -0.478 e. The minimum atomic E-state index is -1.11. The molecule has 0 saturated carbocycles. The molecular weight excluding hydrogens is 436 g/mol. The zero-order valence-corrected chi connectivity index (χ0v) is 18.0. The molecule has 0 aliphatic carbocycles. The van der Waals surface area contributed by atoms with E-state index in [0.29, 0.717) is 26.6 Å². The third-order valence-electron chi connectivity index (χ3n) is 5.06. The lowest BCUT2D eigenvalue weighted by Crippen LogP contribution is -2.22. The van der Waals surface area contributed by atoms with Gasteiger partial charge in [-0.3, -0.25) is 4.79 Å². The van der Waals surface area contributed by atoms with Crippen molar-refractivity contribution in [1.29, 1.82) is 0 Å². The van der Waals surface area contributed by atoms with Crippen molar-refractivity contribution in [2.45, 2.75) is 13.8 Å². The lowest BCUT2D eigenvalue weighted by atomic mass is 10.1. The average molecular weight is 451 g/mol. The van der Waals surface area contributed by atoms with E-state index in [-0.39, 0.29) is 16.1 Å². The molecular formula is C23H15ClN2O4S. The molecule has 6 nitrogen and oxygen atoms in total. The normalized spacial score (nSPS) is 12.3. The van der Waals surface area contributed by atoms with Crippen LogP contribution in [0.1, 0.15) is 27.2 Å². The molecule has 3 heterocycles. The summed E-state index contributed by atoms with van der Waals surface area (Å²) in [6.07, 6.45) is 1.67. The maximum Gasteiger partial charge on any atom is 0.337 e. The van der Waals surface area contributed by atoms with Crippen molar-refractivity contribution < 1.29 is 14.3 Å². The number of nitrogens with zero attached hydrogens (tertiary/aromatic N) is 2. The monoisotopic (exact) mass is 450 g/mol. The first kappa shape index (κ1) is 19.5. The van der Waals surface area contributed by atoms with Crippen molar-refractivity contribution in [2.75, 3.05) is 0 Å². The number of benzene rings is 2. The molecule has 0 unspecified atom stereocenters. The predicted molar refractivity (Wildman–Crippen MR) is 121 cm³/mol. The molecule has 2 aromatic carbocycles. The number of rotatable bonds is 3. The molecule has 0 radical (unpaired) electrons. The van der Waals surface area contributed by atoms with E-state index in [0.717, 1.165) is 22.2 Å². The van der Waals surface area contributed by atoms with Gasteiger partial charge in [0.2, 0.25) is 0 Å². The first-order valence-electron chi connectivity index (χ1n) is 9.39. The third kappa shape index (κ3) is 3.22. The van der Waals surface area contributed by atoms with Gasteiger partial charge < -0.3 is 9.52 Å². The summed E-state index contributed by atoms with van der Waals surface area (Å²) < 4.78 is 7.99. The number of carbonyl (C=O) groups is 1. The molecule has 3 aromatic heterocycles. The van der Waals surface area contributed by atoms with E-state index >= 15 is 0 Å². The smallest absolute Gasteiger partial charge is 0.337 e. The molecule has 0 spiro atoms. The van der Waals surface area contributed by atoms with Crippen molar-refractivity contribution in [3.8, 4) is 11.3 Å². The van der Waals surface area contributed by atoms with Gasteiger partial charge in [-0.2, -0.15) is 0 Å². The average Bonchev–Trinajstić information content (AvgIpc) is 3.39. The maximum absolute atomic E-state index is 13.0. The number of hydrogen-bond acceptors (Lipinski definition) is 5. The van der Waals surface area contributed by atoms with Gasteiger partial charge in [0.05, 0.1) is 21.6 Å². The van der Waals surface area contributed by atoms with E-state index < -0.39 is 5.97 Å². The van der Waals surface area contributed by atoms with E-state index in [1.54, 1.807) is 28.7 Å². The second-order valence-electron chi connectivity index (χ2n) is 7.30. The van der Waals surface area contributed by atoms with Crippen molar-refractivity contribution in [3.63, 3.8) is 0 Å². The number of aromatic carboxylic acids is 1.